The summed E-state index contributed by atoms with van der Waals surface area (Å²) in [6.07, 6.45) is 3.88. The molecule has 2 heterocycles. The zero-order valence-electron chi connectivity index (χ0n) is 11.8. The molecule has 5 heteroatoms. The fraction of sp³-hybridized carbons (Fsp3) is 0.857. The highest BCUT2D eigenvalue weighted by atomic mass is 32.2. The van der Waals surface area contributed by atoms with Gasteiger partial charge in [-0.1, -0.05) is 6.92 Å². The van der Waals surface area contributed by atoms with Crippen LogP contribution < -0.4 is 0 Å². The Morgan fingerprint density at radius 3 is 2.32 bits per heavy atom. The average molecular weight is 285 g/mol. The van der Waals surface area contributed by atoms with Crippen molar-refractivity contribution in [3.63, 3.8) is 0 Å². The van der Waals surface area contributed by atoms with E-state index in [4.69, 9.17) is 0 Å². The van der Waals surface area contributed by atoms with E-state index in [0.29, 0.717) is 32.4 Å². The molecule has 0 aromatic carbocycles. The van der Waals surface area contributed by atoms with Crippen LogP contribution in [0.3, 0.4) is 0 Å². The molecule has 108 valence electrons. The van der Waals surface area contributed by atoms with Crippen molar-refractivity contribution >= 4 is 23.6 Å². The van der Waals surface area contributed by atoms with Crippen molar-refractivity contribution in [3.8, 4) is 0 Å². The maximum atomic E-state index is 12.5. The second-order valence-corrected chi connectivity index (χ2v) is 7.51. The summed E-state index contributed by atoms with van der Waals surface area (Å²) in [5.41, 5.74) is -0.611. The second kappa shape index (κ2) is 5.35. The number of thioether (sulfide) groups is 1. The lowest BCUT2D eigenvalue weighted by atomic mass is 9.76. The van der Waals surface area contributed by atoms with Gasteiger partial charge in [0.2, 0.25) is 5.91 Å². The Hall–Kier alpha value is -0.710. The van der Waals surface area contributed by atoms with Crippen molar-refractivity contribution in [2.45, 2.75) is 50.7 Å². The molecule has 0 aliphatic carbocycles. The van der Waals surface area contributed by atoms with Gasteiger partial charge >= 0.3 is 5.97 Å². The SMILES string of the molecule is CCC1(C(=O)O)CCN(C(=O)C2(C)CCCS2)CC1. The maximum absolute atomic E-state index is 12.5. The van der Waals surface area contributed by atoms with Crippen LogP contribution in [0.15, 0.2) is 0 Å². The topological polar surface area (TPSA) is 57.6 Å². The molecule has 1 atom stereocenters. The number of aliphatic carboxylic acids is 1. The fourth-order valence-electron chi connectivity index (χ4n) is 3.14. The van der Waals surface area contributed by atoms with Gasteiger partial charge in [0.15, 0.2) is 0 Å². The Labute approximate surface area is 118 Å². The number of rotatable bonds is 3. The number of carboxylic acids is 1. The zero-order valence-corrected chi connectivity index (χ0v) is 12.6. The molecule has 2 aliphatic rings. The summed E-state index contributed by atoms with van der Waals surface area (Å²) in [6.45, 7) is 5.15. The van der Waals surface area contributed by atoms with Crippen LogP contribution in [0.1, 0.15) is 46.0 Å². The maximum Gasteiger partial charge on any atom is 0.309 e. The van der Waals surface area contributed by atoms with E-state index >= 15 is 0 Å². The van der Waals surface area contributed by atoms with E-state index < -0.39 is 11.4 Å². The summed E-state index contributed by atoms with van der Waals surface area (Å²) in [5, 5.41) is 9.37. The number of nitrogens with zero attached hydrogens (tertiary/aromatic N) is 1. The summed E-state index contributed by atoms with van der Waals surface area (Å²) >= 11 is 1.75. The zero-order chi connectivity index (χ0) is 14.1. The van der Waals surface area contributed by atoms with E-state index in [0.717, 1.165) is 18.6 Å². The van der Waals surface area contributed by atoms with E-state index in [-0.39, 0.29) is 10.7 Å². The van der Waals surface area contributed by atoms with E-state index in [1.54, 1.807) is 11.8 Å². The van der Waals surface area contributed by atoms with E-state index in [2.05, 4.69) is 0 Å². The Kier molecular flexibility index (Phi) is 4.14. The van der Waals surface area contributed by atoms with Gasteiger partial charge in [-0.15, -0.1) is 11.8 Å². The van der Waals surface area contributed by atoms with Gasteiger partial charge < -0.3 is 10.0 Å². The molecule has 19 heavy (non-hydrogen) atoms. The largest absolute Gasteiger partial charge is 0.481 e. The average Bonchev–Trinajstić information content (AvgIpc) is 2.86. The van der Waals surface area contributed by atoms with E-state index in [1.807, 2.05) is 18.7 Å². The Morgan fingerprint density at radius 1 is 1.26 bits per heavy atom. The number of carboxylic acid groups (broad SMARTS) is 1. The molecule has 1 N–H and O–H groups in total. The third-order valence-corrected chi connectivity index (χ3v) is 6.32. The van der Waals surface area contributed by atoms with Gasteiger partial charge in [0, 0.05) is 13.1 Å². The molecule has 0 aromatic rings. The van der Waals surface area contributed by atoms with Crippen molar-refractivity contribution < 1.29 is 14.7 Å². The molecule has 4 nitrogen and oxygen atoms in total. The van der Waals surface area contributed by atoms with Crippen molar-refractivity contribution in [2.24, 2.45) is 5.41 Å². The first-order valence-electron chi connectivity index (χ1n) is 7.10. The molecule has 2 saturated heterocycles. The van der Waals surface area contributed by atoms with Crippen LogP contribution in [0, 0.1) is 5.41 Å². The molecular formula is C14H23NO3S. The van der Waals surface area contributed by atoms with Gasteiger partial charge in [-0.2, -0.15) is 0 Å². The van der Waals surface area contributed by atoms with Crippen LogP contribution in [0.25, 0.3) is 0 Å². The van der Waals surface area contributed by atoms with Crippen LogP contribution in [-0.2, 0) is 9.59 Å². The lowest BCUT2D eigenvalue weighted by Gasteiger charge is -2.40. The number of likely N-dealkylation sites (tertiary alicyclic amines) is 1. The summed E-state index contributed by atoms with van der Waals surface area (Å²) in [7, 11) is 0. The number of carbonyl (C=O) groups excluding carboxylic acids is 1. The molecule has 0 bridgehead atoms. The first-order valence-corrected chi connectivity index (χ1v) is 8.09. The Morgan fingerprint density at radius 2 is 1.89 bits per heavy atom. The molecule has 2 rings (SSSR count). The van der Waals surface area contributed by atoms with Gasteiger partial charge in [-0.3, -0.25) is 9.59 Å². The Balaban J connectivity index is 2.00. The standard InChI is InChI=1S/C14H23NO3S/c1-3-14(12(17)18)6-8-15(9-7-14)11(16)13(2)5-4-10-19-13/h3-10H2,1-2H3,(H,17,18). The quantitative estimate of drug-likeness (QED) is 0.865. The van der Waals surface area contributed by atoms with Crippen LogP contribution >= 0.6 is 11.8 Å². The molecule has 1 amide bonds. The second-order valence-electron chi connectivity index (χ2n) is 5.91. The summed E-state index contributed by atoms with van der Waals surface area (Å²) in [4.78, 5) is 25.8. The monoisotopic (exact) mass is 285 g/mol. The highest BCUT2D eigenvalue weighted by Gasteiger charge is 2.45. The van der Waals surface area contributed by atoms with E-state index in [1.165, 1.54) is 0 Å². The summed E-state index contributed by atoms with van der Waals surface area (Å²) < 4.78 is -0.268. The number of piperidine rings is 1. The van der Waals surface area contributed by atoms with E-state index in [9.17, 15) is 14.7 Å². The predicted octanol–water partition coefficient (Wildman–Crippen LogP) is 2.38. The van der Waals surface area contributed by atoms with Crippen LogP contribution in [0.5, 0.6) is 0 Å². The third kappa shape index (κ3) is 2.62. The molecule has 2 aliphatic heterocycles. The first kappa shape index (κ1) is 14.7. The van der Waals surface area contributed by atoms with Crippen molar-refractivity contribution in [2.75, 3.05) is 18.8 Å². The number of amides is 1. The highest BCUT2D eigenvalue weighted by molar-refractivity contribution is 8.01. The molecule has 2 fully saturated rings. The lowest BCUT2D eigenvalue weighted by Crippen LogP contribution is -2.51. The van der Waals surface area contributed by atoms with Crippen molar-refractivity contribution in [1.29, 1.82) is 0 Å². The minimum absolute atomic E-state index is 0.213. The van der Waals surface area contributed by atoms with Crippen molar-refractivity contribution in [3.05, 3.63) is 0 Å². The molecule has 0 radical (unpaired) electrons. The molecule has 0 spiro atoms. The number of hydrogen-bond acceptors (Lipinski definition) is 3. The smallest absolute Gasteiger partial charge is 0.309 e. The van der Waals surface area contributed by atoms with Crippen LogP contribution in [-0.4, -0.2) is 45.5 Å². The molecular weight excluding hydrogens is 262 g/mol. The lowest BCUT2D eigenvalue weighted by molar-refractivity contribution is -0.155. The third-order valence-electron chi connectivity index (χ3n) is 4.81. The first-order chi connectivity index (χ1) is 8.93. The van der Waals surface area contributed by atoms with Gasteiger partial charge in [0.25, 0.3) is 0 Å². The minimum Gasteiger partial charge on any atom is -0.481 e. The minimum atomic E-state index is -0.705. The van der Waals surface area contributed by atoms with Gasteiger partial charge in [-0.05, 0) is 44.8 Å². The normalized spacial score (nSPS) is 30.3. The Bertz CT molecular complexity index is 369. The summed E-state index contributed by atoms with van der Waals surface area (Å²) in [5.74, 6) is 0.568. The van der Waals surface area contributed by atoms with Gasteiger partial charge in [0.1, 0.15) is 0 Å². The van der Waals surface area contributed by atoms with Crippen LogP contribution in [0.2, 0.25) is 0 Å². The number of hydrogen-bond donors (Lipinski definition) is 1. The molecule has 1 unspecified atom stereocenters. The summed E-state index contributed by atoms with van der Waals surface area (Å²) in [6, 6.07) is 0. The van der Waals surface area contributed by atoms with Gasteiger partial charge in [-0.25, -0.2) is 0 Å². The molecule has 0 aromatic heterocycles. The van der Waals surface area contributed by atoms with Crippen LogP contribution in [0.4, 0.5) is 0 Å². The fourth-order valence-corrected chi connectivity index (χ4v) is 4.42. The van der Waals surface area contributed by atoms with Crippen molar-refractivity contribution in [1.82, 2.24) is 4.90 Å². The highest BCUT2D eigenvalue weighted by Crippen LogP contribution is 2.41. The van der Waals surface area contributed by atoms with Gasteiger partial charge in [0.05, 0.1) is 10.2 Å². The molecule has 0 saturated carbocycles. The predicted molar refractivity (Wildman–Crippen MR) is 76.3 cm³/mol. The number of carbonyl (C=O) groups is 2.